The Morgan fingerprint density at radius 1 is 1.44 bits per heavy atom. The van der Waals surface area contributed by atoms with Crippen LogP contribution in [-0.4, -0.2) is 15.7 Å². The van der Waals surface area contributed by atoms with E-state index in [0.717, 1.165) is 5.69 Å². The average Bonchev–Trinajstić information content (AvgIpc) is 2.64. The largest absolute Gasteiger partial charge is 0.397 e. The summed E-state index contributed by atoms with van der Waals surface area (Å²) in [6.07, 6.45) is 0. The fourth-order valence-electron chi connectivity index (χ4n) is 1.49. The monoisotopic (exact) mass is 248 g/mol. The Kier molecular flexibility index (Phi) is 3.01. The van der Waals surface area contributed by atoms with Crippen molar-refractivity contribution in [2.24, 2.45) is 7.05 Å². The van der Waals surface area contributed by atoms with Crippen LogP contribution in [0.4, 0.5) is 15.8 Å². The number of benzene rings is 1. The van der Waals surface area contributed by atoms with Gasteiger partial charge in [-0.05, 0) is 31.2 Å². The minimum atomic E-state index is -0.461. The van der Waals surface area contributed by atoms with Crippen molar-refractivity contribution in [2.45, 2.75) is 6.92 Å². The average molecular weight is 248 g/mol. The molecule has 1 aromatic heterocycles. The predicted molar refractivity (Wildman–Crippen MR) is 66.7 cm³/mol. The van der Waals surface area contributed by atoms with Gasteiger partial charge in [-0.15, -0.1) is 0 Å². The molecule has 2 aromatic rings. The summed E-state index contributed by atoms with van der Waals surface area (Å²) in [7, 11) is 1.74. The molecule has 0 atom stereocenters. The molecule has 0 unspecified atom stereocenters. The highest BCUT2D eigenvalue weighted by molar-refractivity contribution is 6.04. The molecule has 1 amide bonds. The number of hydrogen-bond acceptors (Lipinski definition) is 3. The number of aromatic nitrogens is 2. The molecular weight excluding hydrogens is 235 g/mol. The topological polar surface area (TPSA) is 72.9 Å². The van der Waals surface area contributed by atoms with Gasteiger partial charge >= 0.3 is 0 Å². The van der Waals surface area contributed by atoms with E-state index in [2.05, 4.69) is 10.4 Å². The van der Waals surface area contributed by atoms with Crippen molar-refractivity contribution in [2.75, 3.05) is 11.1 Å². The molecule has 3 N–H and O–H groups in total. The van der Waals surface area contributed by atoms with E-state index in [9.17, 15) is 9.18 Å². The molecule has 0 saturated carbocycles. The van der Waals surface area contributed by atoms with E-state index >= 15 is 0 Å². The fourth-order valence-corrected chi connectivity index (χ4v) is 1.49. The Balaban J connectivity index is 2.23. The van der Waals surface area contributed by atoms with Crippen LogP contribution < -0.4 is 11.1 Å². The minimum Gasteiger partial charge on any atom is -0.397 e. The summed E-state index contributed by atoms with van der Waals surface area (Å²) in [5, 5.41) is 6.56. The highest BCUT2D eigenvalue weighted by Crippen LogP contribution is 2.19. The number of anilines is 2. The van der Waals surface area contributed by atoms with Crippen molar-refractivity contribution in [3.8, 4) is 0 Å². The Bertz CT molecular complexity index is 587. The van der Waals surface area contributed by atoms with Gasteiger partial charge in [-0.25, -0.2) is 4.39 Å². The summed E-state index contributed by atoms with van der Waals surface area (Å²) in [6.45, 7) is 1.83. The van der Waals surface area contributed by atoms with E-state index < -0.39 is 11.7 Å². The van der Waals surface area contributed by atoms with Gasteiger partial charge in [-0.2, -0.15) is 5.10 Å². The zero-order valence-electron chi connectivity index (χ0n) is 10.1. The number of nitrogens with zero attached hydrogens (tertiary/aromatic N) is 2. The van der Waals surface area contributed by atoms with Crippen LogP contribution in [0.15, 0.2) is 24.3 Å². The number of nitrogens with two attached hydrogens (primary N) is 1. The second-order valence-corrected chi connectivity index (χ2v) is 3.98. The first-order chi connectivity index (χ1) is 8.47. The Hall–Kier alpha value is -2.37. The molecule has 0 aliphatic rings. The molecule has 0 spiro atoms. The third kappa shape index (κ3) is 2.32. The summed E-state index contributed by atoms with van der Waals surface area (Å²) in [5.74, 6) is -0.882. The van der Waals surface area contributed by atoms with Gasteiger partial charge < -0.3 is 11.1 Å². The van der Waals surface area contributed by atoms with Gasteiger partial charge in [0.25, 0.3) is 5.91 Å². The van der Waals surface area contributed by atoms with Crippen LogP contribution in [0.3, 0.4) is 0 Å². The van der Waals surface area contributed by atoms with E-state index in [1.54, 1.807) is 17.8 Å². The van der Waals surface area contributed by atoms with Crippen LogP contribution in [0.2, 0.25) is 0 Å². The normalized spacial score (nSPS) is 10.4. The molecule has 0 aliphatic heterocycles. The van der Waals surface area contributed by atoms with Crippen molar-refractivity contribution in [3.63, 3.8) is 0 Å². The third-order valence-corrected chi connectivity index (χ3v) is 2.61. The number of hydrogen-bond donors (Lipinski definition) is 2. The molecule has 94 valence electrons. The zero-order chi connectivity index (χ0) is 13.3. The lowest BCUT2D eigenvalue weighted by Gasteiger charge is -2.06. The Morgan fingerprint density at radius 3 is 2.78 bits per heavy atom. The Morgan fingerprint density at radius 2 is 2.17 bits per heavy atom. The van der Waals surface area contributed by atoms with Crippen molar-refractivity contribution < 1.29 is 9.18 Å². The summed E-state index contributed by atoms with van der Waals surface area (Å²) in [4.78, 5) is 11.9. The standard InChI is InChI=1S/C12H13FN4O/c1-7-5-11(16-17(7)2)12(18)15-10-6-8(13)3-4-9(10)14/h3-6H,14H2,1-2H3,(H,15,18). The van der Waals surface area contributed by atoms with Crippen LogP contribution in [-0.2, 0) is 7.05 Å². The summed E-state index contributed by atoms with van der Waals surface area (Å²) in [6, 6.07) is 5.44. The molecular formula is C12H13FN4O. The number of carbonyl (C=O) groups is 1. The van der Waals surface area contributed by atoms with Gasteiger partial charge in [0.05, 0.1) is 11.4 Å². The van der Waals surface area contributed by atoms with Gasteiger partial charge in [-0.1, -0.05) is 0 Å². The molecule has 18 heavy (non-hydrogen) atoms. The van der Waals surface area contributed by atoms with E-state index in [0.29, 0.717) is 5.69 Å². The molecule has 1 aromatic carbocycles. The second kappa shape index (κ2) is 4.48. The lowest BCUT2D eigenvalue weighted by atomic mass is 10.2. The van der Waals surface area contributed by atoms with Gasteiger partial charge in [0, 0.05) is 12.7 Å². The van der Waals surface area contributed by atoms with Crippen LogP contribution >= 0.6 is 0 Å². The molecule has 2 rings (SSSR count). The van der Waals surface area contributed by atoms with Crippen molar-refractivity contribution in [3.05, 3.63) is 41.5 Å². The summed E-state index contributed by atoms with van der Waals surface area (Å²) < 4.78 is 14.6. The maximum atomic E-state index is 13.0. The molecule has 0 bridgehead atoms. The smallest absolute Gasteiger partial charge is 0.276 e. The summed E-state index contributed by atoms with van der Waals surface area (Å²) >= 11 is 0. The van der Waals surface area contributed by atoms with Gasteiger partial charge in [0.1, 0.15) is 5.82 Å². The quantitative estimate of drug-likeness (QED) is 0.794. The highest BCUT2D eigenvalue weighted by Gasteiger charge is 2.12. The zero-order valence-corrected chi connectivity index (χ0v) is 10.1. The van der Waals surface area contributed by atoms with E-state index in [1.165, 1.54) is 18.2 Å². The Labute approximate surface area is 103 Å². The SMILES string of the molecule is Cc1cc(C(=O)Nc2cc(F)ccc2N)nn1C. The van der Waals surface area contributed by atoms with Crippen LogP contribution in [0, 0.1) is 12.7 Å². The summed E-state index contributed by atoms with van der Waals surface area (Å²) in [5.41, 5.74) is 7.30. The molecule has 6 heteroatoms. The first-order valence-corrected chi connectivity index (χ1v) is 5.34. The van der Waals surface area contributed by atoms with Crippen molar-refractivity contribution in [1.82, 2.24) is 9.78 Å². The first kappa shape index (κ1) is 12.1. The van der Waals surface area contributed by atoms with Crippen LogP contribution in [0.5, 0.6) is 0 Å². The number of carbonyl (C=O) groups excluding carboxylic acids is 1. The third-order valence-electron chi connectivity index (χ3n) is 2.61. The van der Waals surface area contributed by atoms with Gasteiger partial charge in [-0.3, -0.25) is 9.48 Å². The van der Waals surface area contributed by atoms with Gasteiger partial charge in [0.15, 0.2) is 5.69 Å². The molecule has 0 radical (unpaired) electrons. The lowest BCUT2D eigenvalue weighted by Crippen LogP contribution is -2.14. The van der Waals surface area contributed by atoms with Gasteiger partial charge in [0.2, 0.25) is 0 Å². The molecule has 1 heterocycles. The molecule has 0 aliphatic carbocycles. The first-order valence-electron chi connectivity index (χ1n) is 5.34. The number of halogens is 1. The molecule has 0 saturated heterocycles. The van der Waals surface area contributed by atoms with E-state index in [4.69, 9.17) is 5.73 Å². The van der Waals surface area contributed by atoms with Crippen LogP contribution in [0.1, 0.15) is 16.2 Å². The number of amides is 1. The maximum Gasteiger partial charge on any atom is 0.276 e. The number of aryl methyl sites for hydroxylation is 2. The lowest BCUT2D eigenvalue weighted by molar-refractivity contribution is 0.102. The maximum absolute atomic E-state index is 13.0. The predicted octanol–water partition coefficient (Wildman–Crippen LogP) is 1.70. The molecule has 0 fully saturated rings. The number of nitrogens with one attached hydrogen (secondary N) is 1. The number of rotatable bonds is 2. The van der Waals surface area contributed by atoms with Crippen molar-refractivity contribution in [1.29, 1.82) is 0 Å². The van der Waals surface area contributed by atoms with E-state index in [1.807, 2.05) is 6.92 Å². The number of nitrogen functional groups attached to an aromatic ring is 1. The fraction of sp³-hybridized carbons (Fsp3) is 0.167. The minimum absolute atomic E-state index is 0.239. The van der Waals surface area contributed by atoms with E-state index in [-0.39, 0.29) is 11.4 Å². The van der Waals surface area contributed by atoms with Crippen molar-refractivity contribution >= 4 is 17.3 Å². The van der Waals surface area contributed by atoms with Crippen LogP contribution in [0.25, 0.3) is 0 Å². The molecule has 5 nitrogen and oxygen atoms in total. The highest BCUT2D eigenvalue weighted by atomic mass is 19.1. The second-order valence-electron chi connectivity index (χ2n) is 3.98.